The number of carbonyl (C=O) groups excluding carboxylic acids is 1. The Morgan fingerprint density at radius 1 is 1.33 bits per heavy atom. The van der Waals surface area contributed by atoms with E-state index < -0.39 is 0 Å². The number of pyridine rings is 1. The highest BCUT2D eigenvalue weighted by atomic mass is 16.1. The first-order chi connectivity index (χ1) is 8.60. The normalized spacial score (nSPS) is 28.1. The minimum absolute atomic E-state index is 0.178. The van der Waals surface area contributed by atoms with E-state index in [-0.39, 0.29) is 11.7 Å². The van der Waals surface area contributed by atoms with Crippen LogP contribution in [0, 0.1) is 17.8 Å². The number of nitrogens with zero attached hydrogens (tertiary/aromatic N) is 1. The number of Topliss-reactive ketones (excluding diaryl/α,β-unsaturated/α-hetero) is 1. The van der Waals surface area contributed by atoms with Gasteiger partial charge in [0.25, 0.3) is 0 Å². The van der Waals surface area contributed by atoms with Crippen molar-refractivity contribution in [1.82, 2.24) is 4.98 Å². The average Bonchev–Trinajstić information content (AvgIpc) is 2.37. The molecule has 1 saturated carbocycles. The molecular formula is C15H22N2O. The van der Waals surface area contributed by atoms with Crippen molar-refractivity contribution in [2.45, 2.75) is 39.7 Å². The van der Waals surface area contributed by atoms with Crippen molar-refractivity contribution in [3.8, 4) is 0 Å². The molecule has 1 aromatic rings. The van der Waals surface area contributed by atoms with Crippen molar-refractivity contribution in [3.63, 3.8) is 0 Å². The van der Waals surface area contributed by atoms with E-state index in [1.165, 1.54) is 6.42 Å². The molecule has 0 aromatic carbocycles. The number of ketones is 1. The van der Waals surface area contributed by atoms with E-state index in [1.807, 2.05) is 12.1 Å². The van der Waals surface area contributed by atoms with E-state index in [0.717, 1.165) is 24.1 Å². The summed E-state index contributed by atoms with van der Waals surface area (Å²) in [5.41, 5.74) is 7.13. The van der Waals surface area contributed by atoms with Gasteiger partial charge in [0.15, 0.2) is 5.78 Å². The molecule has 1 aromatic heterocycles. The Hall–Kier alpha value is -1.22. The largest absolute Gasteiger partial charge is 0.325 e. The van der Waals surface area contributed by atoms with E-state index >= 15 is 0 Å². The van der Waals surface area contributed by atoms with E-state index in [1.54, 1.807) is 6.20 Å². The van der Waals surface area contributed by atoms with E-state index in [0.29, 0.717) is 18.4 Å². The van der Waals surface area contributed by atoms with Gasteiger partial charge in [-0.05, 0) is 43.2 Å². The van der Waals surface area contributed by atoms with Crippen LogP contribution in [0.3, 0.4) is 0 Å². The Morgan fingerprint density at radius 2 is 2.00 bits per heavy atom. The molecule has 0 saturated heterocycles. The first kappa shape index (κ1) is 13.2. The van der Waals surface area contributed by atoms with Gasteiger partial charge < -0.3 is 5.73 Å². The van der Waals surface area contributed by atoms with E-state index in [4.69, 9.17) is 5.73 Å². The predicted molar refractivity (Wildman–Crippen MR) is 72.1 cm³/mol. The molecule has 0 radical (unpaired) electrons. The number of rotatable bonds is 3. The Bertz CT molecular complexity index is 420. The van der Waals surface area contributed by atoms with E-state index in [9.17, 15) is 4.79 Å². The van der Waals surface area contributed by atoms with Crippen molar-refractivity contribution in [2.75, 3.05) is 0 Å². The number of hydrogen-bond donors (Lipinski definition) is 1. The number of hydrogen-bond acceptors (Lipinski definition) is 3. The Labute approximate surface area is 109 Å². The predicted octanol–water partition coefficient (Wildman–Crippen LogP) is 2.80. The van der Waals surface area contributed by atoms with Crippen LogP contribution in [-0.2, 0) is 6.54 Å². The summed E-state index contributed by atoms with van der Waals surface area (Å²) in [7, 11) is 0. The van der Waals surface area contributed by atoms with Gasteiger partial charge in [-0.2, -0.15) is 0 Å². The maximum absolute atomic E-state index is 12.5. The van der Waals surface area contributed by atoms with Crippen molar-refractivity contribution >= 4 is 5.78 Å². The molecule has 1 aliphatic rings. The molecule has 3 heteroatoms. The maximum atomic E-state index is 12.5. The average molecular weight is 246 g/mol. The fourth-order valence-corrected chi connectivity index (χ4v) is 3.14. The third-order valence-corrected chi connectivity index (χ3v) is 3.86. The van der Waals surface area contributed by atoms with Crippen LogP contribution in [0.15, 0.2) is 18.3 Å². The second-order valence-electron chi connectivity index (χ2n) is 5.72. The third kappa shape index (κ3) is 2.96. The van der Waals surface area contributed by atoms with Gasteiger partial charge in [0, 0.05) is 24.2 Å². The number of nitrogens with two attached hydrogens (primary N) is 1. The van der Waals surface area contributed by atoms with Crippen molar-refractivity contribution < 1.29 is 4.79 Å². The van der Waals surface area contributed by atoms with Crippen molar-refractivity contribution in [1.29, 1.82) is 0 Å². The minimum Gasteiger partial charge on any atom is -0.325 e. The lowest BCUT2D eigenvalue weighted by Gasteiger charge is -2.30. The molecule has 0 spiro atoms. The highest BCUT2D eigenvalue weighted by molar-refractivity contribution is 5.97. The van der Waals surface area contributed by atoms with Gasteiger partial charge >= 0.3 is 0 Å². The van der Waals surface area contributed by atoms with E-state index in [2.05, 4.69) is 18.8 Å². The summed E-state index contributed by atoms with van der Waals surface area (Å²) < 4.78 is 0. The van der Waals surface area contributed by atoms with Crippen LogP contribution in [0.4, 0.5) is 0 Å². The van der Waals surface area contributed by atoms with Gasteiger partial charge in [-0.25, -0.2) is 0 Å². The Kier molecular flexibility index (Phi) is 4.12. The van der Waals surface area contributed by atoms with Gasteiger partial charge in [0.05, 0.1) is 5.69 Å². The summed E-state index contributed by atoms with van der Waals surface area (Å²) in [4.78, 5) is 16.6. The van der Waals surface area contributed by atoms with Crippen LogP contribution in [0.2, 0.25) is 0 Å². The van der Waals surface area contributed by atoms with Gasteiger partial charge in [0.2, 0.25) is 0 Å². The van der Waals surface area contributed by atoms with Gasteiger partial charge in [0.1, 0.15) is 0 Å². The monoisotopic (exact) mass is 246 g/mol. The molecule has 2 unspecified atom stereocenters. The zero-order valence-electron chi connectivity index (χ0n) is 11.2. The molecule has 2 rings (SSSR count). The summed E-state index contributed by atoms with van der Waals surface area (Å²) in [6.45, 7) is 4.88. The van der Waals surface area contributed by atoms with Crippen LogP contribution < -0.4 is 5.73 Å². The first-order valence-electron chi connectivity index (χ1n) is 6.79. The van der Waals surface area contributed by atoms with Crippen LogP contribution in [-0.4, -0.2) is 10.8 Å². The summed E-state index contributed by atoms with van der Waals surface area (Å²) in [5.74, 6) is 1.75. The Morgan fingerprint density at radius 3 is 2.61 bits per heavy atom. The molecule has 3 nitrogen and oxygen atoms in total. The summed E-state index contributed by atoms with van der Waals surface area (Å²) >= 11 is 0. The van der Waals surface area contributed by atoms with Crippen LogP contribution >= 0.6 is 0 Å². The smallest absolute Gasteiger partial charge is 0.166 e. The minimum atomic E-state index is 0.178. The second-order valence-corrected chi connectivity index (χ2v) is 5.72. The standard InChI is InChI=1S/C15H22N2O/c1-10-5-11(2)7-13(6-10)15(18)12-3-4-17-14(8-12)9-16/h3-4,8,10-11,13H,5-7,9,16H2,1-2H3. The fourth-order valence-electron chi connectivity index (χ4n) is 3.14. The molecule has 1 aliphatic carbocycles. The zero-order valence-corrected chi connectivity index (χ0v) is 11.2. The van der Waals surface area contributed by atoms with Crippen LogP contribution in [0.5, 0.6) is 0 Å². The van der Waals surface area contributed by atoms with Gasteiger partial charge in [-0.15, -0.1) is 0 Å². The molecule has 2 atom stereocenters. The summed E-state index contributed by atoms with van der Waals surface area (Å²) in [6, 6.07) is 3.65. The van der Waals surface area contributed by atoms with Crippen molar-refractivity contribution in [3.05, 3.63) is 29.6 Å². The molecule has 0 amide bonds. The van der Waals surface area contributed by atoms with Crippen LogP contribution in [0.25, 0.3) is 0 Å². The number of carbonyl (C=O) groups is 1. The van der Waals surface area contributed by atoms with Crippen LogP contribution in [0.1, 0.15) is 49.2 Å². The highest BCUT2D eigenvalue weighted by Crippen LogP contribution is 2.34. The molecule has 1 fully saturated rings. The molecular weight excluding hydrogens is 224 g/mol. The quantitative estimate of drug-likeness (QED) is 0.834. The topological polar surface area (TPSA) is 56.0 Å². The molecule has 18 heavy (non-hydrogen) atoms. The molecule has 2 N–H and O–H groups in total. The molecule has 1 heterocycles. The first-order valence-corrected chi connectivity index (χ1v) is 6.79. The number of aromatic nitrogens is 1. The second kappa shape index (κ2) is 5.61. The zero-order chi connectivity index (χ0) is 13.1. The Balaban J connectivity index is 2.14. The lowest BCUT2D eigenvalue weighted by atomic mass is 9.74. The lowest BCUT2D eigenvalue weighted by Crippen LogP contribution is -2.26. The highest BCUT2D eigenvalue weighted by Gasteiger charge is 2.29. The SMILES string of the molecule is CC1CC(C)CC(C(=O)c2ccnc(CN)c2)C1. The van der Waals surface area contributed by atoms with Crippen molar-refractivity contribution in [2.24, 2.45) is 23.5 Å². The summed E-state index contributed by atoms with van der Waals surface area (Å²) in [6.07, 6.45) is 4.96. The van der Waals surface area contributed by atoms with Gasteiger partial charge in [-0.3, -0.25) is 9.78 Å². The fraction of sp³-hybridized carbons (Fsp3) is 0.600. The summed E-state index contributed by atoms with van der Waals surface area (Å²) in [5, 5.41) is 0. The molecule has 0 aliphatic heterocycles. The maximum Gasteiger partial charge on any atom is 0.166 e. The lowest BCUT2D eigenvalue weighted by molar-refractivity contribution is 0.0836. The van der Waals surface area contributed by atoms with Gasteiger partial charge in [-0.1, -0.05) is 13.8 Å². The third-order valence-electron chi connectivity index (χ3n) is 3.86. The molecule has 0 bridgehead atoms. The molecule has 98 valence electrons.